The van der Waals surface area contributed by atoms with Crippen molar-refractivity contribution in [2.24, 2.45) is 4.99 Å². The Bertz CT molecular complexity index is 1560. The first-order valence-electron chi connectivity index (χ1n) is 10.5. The number of nitrogens with two attached hydrogens (primary N) is 2. The lowest BCUT2D eigenvalue weighted by Crippen LogP contribution is -2.44. The number of nitrogen functional groups attached to an aromatic ring is 2. The Hall–Kier alpha value is -4.06. The number of hydrogen-bond donors (Lipinski definition) is 3. The molecular weight excluding hydrogens is 502 g/mol. The summed E-state index contributed by atoms with van der Waals surface area (Å²) in [5.41, 5.74) is 10.6. The molecule has 36 heavy (non-hydrogen) atoms. The second kappa shape index (κ2) is 8.55. The van der Waals surface area contributed by atoms with Crippen molar-refractivity contribution in [3.05, 3.63) is 75.0 Å². The van der Waals surface area contributed by atoms with Gasteiger partial charge in [0.05, 0.1) is 39.6 Å². The Kier molecular flexibility index (Phi) is 5.62. The van der Waals surface area contributed by atoms with Crippen LogP contribution in [0.5, 0.6) is 5.75 Å². The minimum atomic E-state index is -4.71. The van der Waals surface area contributed by atoms with Crippen LogP contribution in [-0.2, 0) is 12.7 Å². The molecule has 0 radical (unpaired) electrons. The lowest BCUT2D eigenvalue weighted by atomic mass is 9.99. The molecule has 0 saturated heterocycles. The summed E-state index contributed by atoms with van der Waals surface area (Å²) in [4.78, 5) is 13.9. The van der Waals surface area contributed by atoms with Crippen LogP contribution in [0.3, 0.4) is 0 Å². The van der Waals surface area contributed by atoms with E-state index in [9.17, 15) is 17.6 Å². The zero-order valence-electron chi connectivity index (χ0n) is 18.6. The van der Waals surface area contributed by atoms with Gasteiger partial charge in [0.2, 0.25) is 0 Å². The smallest absolute Gasteiger partial charge is 0.418 e. The summed E-state index contributed by atoms with van der Waals surface area (Å²) in [5, 5.41) is 3.70. The first-order valence-corrected chi connectivity index (χ1v) is 10.9. The lowest BCUT2D eigenvalue weighted by molar-refractivity contribution is -0.137. The van der Waals surface area contributed by atoms with Crippen LogP contribution in [0.1, 0.15) is 16.7 Å². The third-order valence-corrected chi connectivity index (χ3v) is 6.11. The SMILES string of the molecule is Cc1cc(N)nc(-c2cc3c4c(c2Cl)=NCNC=4N(Cc2cc(F)cnc2N)C=CO3)c1C(F)(F)F. The molecule has 5 N–H and O–H groups in total. The molecule has 2 aliphatic heterocycles. The van der Waals surface area contributed by atoms with Crippen molar-refractivity contribution in [2.45, 2.75) is 19.6 Å². The quantitative estimate of drug-likeness (QED) is 0.456. The number of nitrogens with one attached hydrogen (secondary N) is 1. The van der Waals surface area contributed by atoms with E-state index in [2.05, 4.69) is 20.3 Å². The third-order valence-electron chi connectivity index (χ3n) is 5.73. The second-order valence-electron chi connectivity index (χ2n) is 8.12. The minimum absolute atomic E-state index is 0.0291. The average Bonchev–Trinajstić information content (AvgIpc) is 2.97. The summed E-state index contributed by atoms with van der Waals surface area (Å²) in [6.07, 6.45) is -0.785. The summed E-state index contributed by atoms with van der Waals surface area (Å²) < 4.78 is 61.5. The van der Waals surface area contributed by atoms with Crippen molar-refractivity contribution < 1.29 is 22.3 Å². The number of alkyl halides is 3. The van der Waals surface area contributed by atoms with Gasteiger partial charge < -0.3 is 26.4 Å². The fraction of sp³-hybridized carbons (Fsp3) is 0.174. The normalized spacial score (nSPS) is 14.5. The number of ether oxygens (including phenoxy) is 1. The van der Waals surface area contributed by atoms with Gasteiger partial charge in [-0.05, 0) is 30.7 Å². The molecule has 0 atom stereocenters. The fourth-order valence-electron chi connectivity index (χ4n) is 4.23. The van der Waals surface area contributed by atoms with Crippen molar-refractivity contribution in [3.8, 4) is 17.0 Å². The first-order chi connectivity index (χ1) is 17.0. The highest BCUT2D eigenvalue weighted by Crippen LogP contribution is 2.41. The minimum Gasteiger partial charge on any atom is -0.463 e. The van der Waals surface area contributed by atoms with E-state index in [-0.39, 0.29) is 52.1 Å². The van der Waals surface area contributed by atoms with Gasteiger partial charge in [-0.2, -0.15) is 13.2 Å². The summed E-state index contributed by atoms with van der Waals surface area (Å²) in [7, 11) is 0. The van der Waals surface area contributed by atoms with Gasteiger partial charge in [-0.1, -0.05) is 11.6 Å². The molecule has 186 valence electrons. The highest BCUT2D eigenvalue weighted by Gasteiger charge is 2.38. The van der Waals surface area contributed by atoms with Crippen LogP contribution in [0, 0.1) is 12.7 Å². The zero-order chi connectivity index (χ0) is 25.8. The molecule has 0 spiro atoms. The van der Waals surface area contributed by atoms with E-state index in [1.54, 1.807) is 11.1 Å². The molecule has 5 rings (SSSR count). The topological polar surface area (TPSA) is 115 Å². The predicted molar refractivity (Wildman–Crippen MR) is 125 cm³/mol. The number of pyridine rings is 2. The van der Waals surface area contributed by atoms with Gasteiger partial charge in [-0.25, -0.2) is 14.4 Å². The van der Waals surface area contributed by atoms with Crippen LogP contribution in [0.15, 0.2) is 41.9 Å². The second-order valence-corrected chi connectivity index (χ2v) is 8.49. The standard InChI is InChI=1S/C23H18ClF4N7O/c1-10-4-15(29)34-19(17(10)23(26,27)28)13-6-14-16-20(18(13)24)32-9-33-22(16)35(2-3-36-14)8-11-5-12(25)7-31-21(11)30/h2-7,33H,8-9H2,1H3,(H2,29,34)(H2,30,31). The maximum absolute atomic E-state index is 14.0. The number of aryl methyl sites for hydroxylation is 1. The maximum Gasteiger partial charge on any atom is 0.418 e. The number of halogens is 5. The van der Waals surface area contributed by atoms with Crippen molar-refractivity contribution in [3.63, 3.8) is 0 Å². The highest BCUT2D eigenvalue weighted by molar-refractivity contribution is 6.33. The molecule has 0 aliphatic carbocycles. The van der Waals surface area contributed by atoms with Gasteiger partial charge in [-0.15, -0.1) is 0 Å². The van der Waals surface area contributed by atoms with E-state index in [0.717, 1.165) is 12.3 Å². The summed E-state index contributed by atoms with van der Waals surface area (Å²) in [5.74, 6) is 0.190. The summed E-state index contributed by atoms with van der Waals surface area (Å²) in [6, 6.07) is 3.78. The molecule has 2 aliphatic rings. The van der Waals surface area contributed by atoms with E-state index in [0.29, 0.717) is 16.6 Å². The average molecular weight is 520 g/mol. The number of rotatable bonds is 3. The van der Waals surface area contributed by atoms with Gasteiger partial charge in [0.15, 0.2) is 0 Å². The van der Waals surface area contributed by atoms with Crippen LogP contribution in [0.2, 0.25) is 5.02 Å². The summed E-state index contributed by atoms with van der Waals surface area (Å²) >= 11 is 6.66. The fourth-order valence-corrected chi connectivity index (χ4v) is 4.52. The van der Waals surface area contributed by atoms with Crippen molar-refractivity contribution >= 4 is 29.1 Å². The van der Waals surface area contributed by atoms with Gasteiger partial charge in [0, 0.05) is 17.3 Å². The van der Waals surface area contributed by atoms with E-state index in [1.807, 2.05) is 0 Å². The van der Waals surface area contributed by atoms with E-state index in [1.165, 1.54) is 25.3 Å². The summed E-state index contributed by atoms with van der Waals surface area (Å²) in [6.45, 7) is 1.49. The molecule has 4 heterocycles. The van der Waals surface area contributed by atoms with Crippen molar-refractivity contribution in [1.82, 2.24) is 20.2 Å². The molecule has 2 aromatic heterocycles. The Morgan fingerprint density at radius 3 is 2.75 bits per heavy atom. The Morgan fingerprint density at radius 2 is 2.00 bits per heavy atom. The van der Waals surface area contributed by atoms with E-state index in [4.69, 9.17) is 27.8 Å². The molecular formula is C23H18ClF4N7O. The molecule has 13 heteroatoms. The number of benzene rings is 1. The maximum atomic E-state index is 14.0. The van der Waals surface area contributed by atoms with E-state index < -0.39 is 23.3 Å². The van der Waals surface area contributed by atoms with Gasteiger partial charge >= 0.3 is 6.18 Å². The number of aromatic nitrogens is 2. The largest absolute Gasteiger partial charge is 0.463 e. The molecule has 1 aromatic carbocycles. The molecule has 0 saturated carbocycles. The number of hydrogen-bond acceptors (Lipinski definition) is 8. The zero-order valence-corrected chi connectivity index (χ0v) is 19.4. The van der Waals surface area contributed by atoms with Crippen molar-refractivity contribution in [1.29, 1.82) is 0 Å². The van der Waals surface area contributed by atoms with Crippen LogP contribution in [-0.4, -0.2) is 21.5 Å². The Morgan fingerprint density at radius 1 is 1.22 bits per heavy atom. The van der Waals surface area contributed by atoms with Crippen LogP contribution >= 0.6 is 11.6 Å². The highest BCUT2D eigenvalue weighted by atomic mass is 35.5. The number of nitrogens with zero attached hydrogens (tertiary/aromatic N) is 4. The molecule has 8 nitrogen and oxygen atoms in total. The van der Waals surface area contributed by atoms with Gasteiger partial charge in [-0.3, -0.25) is 4.99 Å². The number of anilines is 2. The van der Waals surface area contributed by atoms with Crippen LogP contribution in [0.4, 0.5) is 29.2 Å². The van der Waals surface area contributed by atoms with Gasteiger partial charge in [0.25, 0.3) is 0 Å². The lowest BCUT2D eigenvalue weighted by Gasteiger charge is -2.26. The van der Waals surface area contributed by atoms with Crippen molar-refractivity contribution in [2.75, 3.05) is 18.1 Å². The van der Waals surface area contributed by atoms with Crippen LogP contribution in [0.25, 0.3) is 17.1 Å². The first kappa shape index (κ1) is 23.7. The van der Waals surface area contributed by atoms with Crippen LogP contribution < -0.4 is 32.1 Å². The van der Waals surface area contributed by atoms with Gasteiger partial charge in [0.1, 0.15) is 42.0 Å². The molecule has 3 aromatic rings. The Balaban J connectivity index is 1.74. The van der Waals surface area contributed by atoms with E-state index >= 15 is 0 Å². The molecule has 0 amide bonds. The molecule has 0 unspecified atom stereocenters. The Labute approximate surface area is 206 Å². The predicted octanol–water partition coefficient (Wildman–Crippen LogP) is 3.04. The molecule has 0 fully saturated rings. The molecule has 0 bridgehead atoms. The monoisotopic (exact) mass is 519 g/mol. The third kappa shape index (κ3) is 4.02.